The molecule has 2 heterocycles. The van der Waals surface area contributed by atoms with E-state index in [0.29, 0.717) is 31.4 Å². The first-order valence-corrected chi connectivity index (χ1v) is 15.2. The number of benzene rings is 2. The average molecular weight is 606 g/mol. The fourth-order valence-corrected chi connectivity index (χ4v) is 5.89. The molecule has 4 rings (SSSR count). The van der Waals surface area contributed by atoms with Crippen LogP contribution in [-0.4, -0.2) is 88.2 Å². The first-order chi connectivity index (χ1) is 20.9. The minimum absolute atomic E-state index is 0.0647. The summed E-state index contributed by atoms with van der Waals surface area (Å²) in [6, 6.07) is 10.9. The van der Waals surface area contributed by atoms with Gasteiger partial charge in [-0.3, -0.25) is 24.0 Å². The quantitative estimate of drug-likeness (QED) is 0.393. The molecule has 5 atom stereocenters. The third kappa shape index (κ3) is 7.94. The molecule has 2 aromatic carbocycles. The van der Waals surface area contributed by atoms with Crippen LogP contribution in [0.2, 0.25) is 0 Å². The van der Waals surface area contributed by atoms with Gasteiger partial charge in [0.15, 0.2) is 0 Å². The second kappa shape index (κ2) is 14.4. The molecule has 44 heavy (non-hydrogen) atoms. The van der Waals surface area contributed by atoms with Gasteiger partial charge in [0.25, 0.3) is 0 Å². The lowest BCUT2D eigenvalue weighted by Gasteiger charge is -2.32. The van der Waals surface area contributed by atoms with Gasteiger partial charge in [0.2, 0.25) is 29.5 Å². The van der Waals surface area contributed by atoms with Gasteiger partial charge in [0.05, 0.1) is 0 Å². The molecule has 2 aliphatic heterocycles. The molecule has 0 radical (unpaired) electrons. The number of likely N-dealkylation sites (N-methyl/N-ethyl adjacent to an activating group) is 1. The van der Waals surface area contributed by atoms with Crippen molar-refractivity contribution in [3.05, 3.63) is 65.7 Å². The maximum atomic E-state index is 14.1. The Labute approximate surface area is 258 Å². The highest BCUT2D eigenvalue weighted by atomic mass is 16.3. The molecule has 2 fully saturated rings. The number of fused-ring (bicyclic) bond motifs is 1. The Kier molecular flexibility index (Phi) is 10.6. The number of rotatable bonds is 6. The van der Waals surface area contributed by atoms with Crippen molar-refractivity contribution in [2.75, 3.05) is 13.6 Å². The van der Waals surface area contributed by atoms with Crippen molar-refractivity contribution in [1.29, 1.82) is 0 Å². The van der Waals surface area contributed by atoms with Gasteiger partial charge in [-0.2, -0.15) is 0 Å². The average Bonchev–Trinajstić information content (AvgIpc) is 3.49. The third-order valence-electron chi connectivity index (χ3n) is 8.29. The molecule has 11 heteroatoms. The van der Waals surface area contributed by atoms with Gasteiger partial charge in [0.1, 0.15) is 36.0 Å². The van der Waals surface area contributed by atoms with E-state index in [9.17, 15) is 29.1 Å². The number of aromatic hydroxyl groups is 1. The van der Waals surface area contributed by atoms with Gasteiger partial charge in [-0.1, -0.05) is 56.3 Å². The molecule has 0 saturated carbocycles. The monoisotopic (exact) mass is 605 g/mol. The summed E-state index contributed by atoms with van der Waals surface area (Å²) >= 11 is 0. The van der Waals surface area contributed by atoms with E-state index in [1.165, 1.54) is 29.0 Å². The highest BCUT2D eigenvalue weighted by molar-refractivity contribution is 5.98. The summed E-state index contributed by atoms with van der Waals surface area (Å²) in [5.74, 6) is -2.26. The lowest BCUT2D eigenvalue weighted by atomic mass is 10.0. The first-order valence-electron chi connectivity index (χ1n) is 15.2. The molecule has 2 aliphatic rings. The van der Waals surface area contributed by atoms with E-state index in [1.807, 2.05) is 44.2 Å². The van der Waals surface area contributed by atoms with Crippen molar-refractivity contribution < 1.29 is 29.1 Å². The zero-order valence-corrected chi connectivity index (χ0v) is 25.8. The number of carbonyl (C=O) groups is 5. The van der Waals surface area contributed by atoms with Crippen molar-refractivity contribution in [3.63, 3.8) is 0 Å². The van der Waals surface area contributed by atoms with Crippen LogP contribution in [-0.2, 0) is 36.8 Å². The molecule has 5 amide bonds. The second-order valence-corrected chi connectivity index (χ2v) is 12.2. The van der Waals surface area contributed by atoms with Crippen LogP contribution in [0.4, 0.5) is 0 Å². The van der Waals surface area contributed by atoms with Crippen molar-refractivity contribution >= 4 is 29.5 Å². The molecule has 11 nitrogen and oxygen atoms in total. The number of amides is 5. The molecular formula is C33H43N5O6. The lowest BCUT2D eigenvalue weighted by molar-refractivity contribution is -0.144. The molecule has 4 N–H and O–H groups in total. The van der Waals surface area contributed by atoms with Crippen LogP contribution in [0.1, 0.15) is 51.2 Å². The SMILES string of the molecule is CC(C)C[C@@H]1NC(=O)[C@@H]2CCCN2C(=O)[C@H](Cc2ccc(O)cc2)NC(=O)[C@H](Cc2ccccc2)N(C)C(=O)[C@H](C)NC1=O. The van der Waals surface area contributed by atoms with Gasteiger partial charge in [-0.15, -0.1) is 0 Å². The van der Waals surface area contributed by atoms with E-state index >= 15 is 0 Å². The minimum Gasteiger partial charge on any atom is -0.508 e. The Bertz CT molecular complexity index is 1350. The van der Waals surface area contributed by atoms with Crippen molar-refractivity contribution in [2.24, 2.45) is 5.92 Å². The number of phenolic OH excluding ortho intramolecular Hbond substituents is 1. The summed E-state index contributed by atoms with van der Waals surface area (Å²) in [6.07, 6.45) is 1.64. The van der Waals surface area contributed by atoms with E-state index < -0.39 is 59.7 Å². The Hall–Kier alpha value is -4.41. The summed E-state index contributed by atoms with van der Waals surface area (Å²) in [6.45, 7) is 5.74. The Morgan fingerprint density at radius 2 is 1.43 bits per heavy atom. The molecule has 0 aromatic heterocycles. The maximum Gasteiger partial charge on any atom is 0.246 e. The largest absolute Gasteiger partial charge is 0.508 e. The van der Waals surface area contributed by atoms with Crippen LogP contribution in [0.25, 0.3) is 0 Å². The van der Waals surface area contributed by atoms with E-state index in [-0.39, 0.29) is 24.5 Å². The lowest BCUT2D eigenvalue weighted by Crippen LogP contribution is -2.58. The number of hydrogen-bond donors (Lipinski definition) is 4. The Morgan fingerprint density at radius 1 is 0.795 bits per heavy atom. The fourth-order valence-electron chi connectivity index (χ4n) is 5.89. The van der Waals surface area contributed by atoms with E-state index in [0.717, 1.165) is 5.56 Å². The molecule has 0 aliphatic carbocycles. The number of nitrogens with one attached hydrogen (secondary N) is 3. The van der Waals surface area contributed by atoms with Gasteiger partial charge < -0.3 is 30.9 Å². The zero-order chi connectivity index (χ0) is 32.0. The normalized spacial score (nSPS) is 25.6. The summed E-state index contributed by atoms with van der Waals surface area (Å²) < 4.78 is 0. The van der Waals surface area contributed by atoms with Crippen molar-refractivity contribution in [1.82, 2.24) is 25.8 Å². The number of hydrogen-bond acceptors (Lipinski definition) is 6. The second-order valence-electron chi connectivity index (χ2n) is 12.2. The molecule has 0 bridgehead atoms. The van der Waals surface area contributed by atoms with Crippen LogP contribution >= 0.6 is 0 Å². The molecule has 2 saturated heterocycles. The molecule has 2 aromatic rings. The standard InChI is InChI=1S/C33H43N5O6/c1-20(2)17-25-29(40)34-21(3)32(43)37(4)28(19-22-9-6-5-7-10-22)31(42)36-26(18-23-12-14-24(39)15-13-23)33(44)38-16-8-11-27(38)30(41)35-25/h5-7,9-10,12-15,20-21,25-28,39H,8,11,16-19H2,1-4H3,(H,34,40)(H,35,41)(H,36,42)/t21-,25-,26-,27-,28-/m0/s1. The number of nitrogens with zero attached hydrogens (tertiary/aromatic N) is 2. The van der Waals surface area contributed by atoms with Crippen LogP contribution in [0.15, 0.2) is 54.6 Å². The first kappa shape index (κ1) is 32.5. The molecule has 0 spiro atoms. The molecule has 236 valence electrons. The van der Waals surface area contributed by atoms with Gasteiger partial charge in [-0.05, 0) is 55.4 Å². The van der Waals surface area contributed by atoms with Crippen LogP contribution in [0.3, 0.4) is 0 Å². The maximum absolute atomic E-state index is 14.1. The van der Waals surface area contributed by atoms with E-state index in [1.54, 1.807) is 19.1 Å². The highest BCUT2D eigenvalue weighted by Gasteiger charge is 2.41. The smallest absolute Gasteiger partial charge is 0.246 e. The predicted molar refractivity (Wildman–Crippen MR) is 164 cm³/mol. The minimum atomic E-state index is -1.05. The van der Waals surface area contributed by atoms with Crippen molar-refractivity contribution in [3.8, 4) is 5.75 Å². The topological polar surface area (TPSA) is 148 Å². The van der Waals surface area contributed by atoms with Crippen LogP contribution in [0.5, 0.6) is 5.75 Å². The van der Waals surface area contributed by atoms with Crippen molar-refractivity contribution in [2.45, 2.75) is 83.1 Å². The fraction of sp³-hybridized carbons (Fsp3) is 0.485. The van der Waals surface area contributed by atoms with Crippen LogP contribution in [0, 0.1) is 5.92 Å². The summed E-state index contributed by atoms with van der Waals surface area (Å²) in [7, 11) is 1.51. The van der Waals surface area contributed by atoms with E-state index in [2.05, 4.69) is 16.0 Å². The highest BCUT2D eigenvalue weighted by Crippen LogP contribution is 2.22. The molecular weight excluding hydrogens is 562 g/mol. The third-order valence-corrected chi connectivity index (χ3v) is 8.29. The summed E-state index contributed by atoms with van der Waals surface area (Å²) in [5.41, 5.74) is 1.51. The molecule has 0 unspecified atom stereocenters. The Morgan fingerprint density at radius 3 is 2.09 bits per heavy atom. The summed E-state index contributed by atoms with van der Waals surface area (Å²) in [5, 5.41) is 18.3. The van der Waals surface area contributed by atoms with Gasteiger partial charge in [-0.25, -0.2) is 0 Å². The van der Waals surface area contributed by atoms with E-state index in [4.69, 9.17) is 0 Å². The van der Waals surface area contributed by atoms with Gasteiger partial charge >= 0.3 is 0 Å². The van der Waals surface area contributed by atoms with Crippen LogP contribution < -0.4 is 16.0 Å². The Balaban J connectivity index is 1.75. The number of phenols is 1. The zero-order valence-electron chi connectivity index (χ0n) is 25.8. The predicted octanol–water partition coefficient (Wildman–Crippen LogP) is 1.53. The van der Waals surface area contributed by atoms with Gasteiger partial charge in [0, 0.05) is 26.4 Å². The number of carbonyl (C=O) groups excluding carboxylic acids is 5. The summed E-state index contributed by atoms with van der Waals surface area (Å²) in [4.78, 5) is 71.6.